The van der Waals surface area contributed by atoms with Gasteiger partial charge in [-0.2, -0.15) is 0 Å². The minimum atomic E-state index is -2.33. The fourth-order valence-electron chi connectivity index (χ4n) is 2.66. The van der Waals surface area contributed by atoms with Crippen LogP contribution in [-0.2, 0) is 34.7 Å². The number of aliphatic carboxylic acids is 1. The van der Waals surface area contributed by atoms with Gasteiger partial charge in [0.05, 0.1) is 35.6 Å². The van der Waals surface area contributed by atoms with E-state index < -0.39 is 55.4 Å². The van der Waals surface area contributed by atoms with Crippen LogP contribution < -0.4 is 34.7 Å². The largest absolute Gasteiger partial charge is 1.00 e. The van der Waals surface area contributed by atoms with Gasteiger partial charge in [0.1, 0.15) is 15.8 Å². The van der Waals surface area contributed by atoms with Gasteiger partial charge in [-0.3, -0.25) is 19.5 Å². The van der Waals surface area contributed by atoms with E-state index in [0.29, 0.717) is 16.7 Å². The number of carboxylic acids is 1. The fraction of sp³-hybridized carbons (Fsp3) is 0.118. The summed E-state index contributed by atoms with van der Waals surface area (Å²) < 4.78 is 17.0. The first-order chi connectivity index (χ1) is 13.3. The minimum absolute atomic E-state index is 0. The van der Waals surface area contributed by atoms with Crippen molar-refractivity contribution in [3.05, 3.63) is 58.0 Å². The van der Waals surface area contributed by atoms with Crippen molar-refractivity contribution in [1.29, 1.82) is 0 Å². The molecule has 3 heterocycles. The van der Waals surface area contributed by atoms with Crippen molar-refractivity contribution in [3.8, 4) is 0 Å². The molecule has 1 aromatic heterocycles. The van der Waals surface area contributed by atoms with Crippen LogP contribution in [0.4, 0.5) is 0 Å². The molecule has 144 valence electrons. The molecular formula is C17H10ClN2NaO7S. The number of hydrogen-bond donors (Lipinski definition) is 0. The number of pyridine rings is 1. The van der Waals surface area contributed by atoms with Crippen LogP contribution >= 0.6 is 11.6 Å². The first-order valence-corrected chi connectivity index (χ1v) is 9.19. The van der Waals surface area contributed by atoms with Gasteiger partial charge in [0.25, 0.3) is 11.0 Å². The normalized spacial score (nSPS) is 22.6. The molecule has 1 fully saturated rings. The van der Waals surface area contributed by atoms with Gasteiger partial charge in [-0.1, -0.05) is 17.7 Å². The molecule has 2 aliphatic rings. The molecule has 1 amide bonds. The molecule has 0 radical (unpaired) electrons. The van der Waals surface area contributed by atoms with E-state index in [9.17, 15) is 28.5 Å². The molecule has 29 heavy (non-hydrogen) atoms. The van der Waals surface area contributed by atoms with Crippen LogP contribution in [0.5, 0.6) is 0 Å². The average molecular weight is 445 g/mol. The quantitative estimate of drug-likeness (QED) is 0.200. The van der Waals surface area contributed by atoms with Crippen molar-refractivity contribution in [2.45, 2.75) is 5.37 Å². The Balaban J connectivity index is 0.00000300. The Kier molecular flexibility index (Phi) is 7.30. The fourth-order valence-corrected chi connectivity index (χ4v) is 4.22. The summed E-state index contributed by atoms with van der Waals surface area (Å²) in [6.45, 7) is 0. The number of fused-ring (bicyclic) bond motifs is 1. The van der Waals surface area contributed by atoms with Crippen LogP contribution in [0.1, 0.15) is 5.69 Å². The van der Waals surface area contributed by atoms with E-state index in [1.165, 1.54) is 12.3 Å². The number of carbonyl (C=O) groups is 4. The molecule has 0 aromatic carbocycles. The third kappa shape index (κ3) is 4.12. The van der Waals surface area contributed by atoms with Gasteiger partial charge in [0, 0.05) is 6.20 Å². The number of halogens is 1. The Bertz CT molecular complexity index is 1040. The van der Waals surface area contributed by atoms with E-state index in [4.69, 9.17) is 11.6 Å². The molecule has 0 saturated carbocycles. The third-order valence-electron chi connectivity index (χ3n) is 3.90. The zero-order chi connectivity index (χ0) is 20.6. The van der Waals surface area contributed by atoms with E-state index in [-0.39, 0.29) is 35.1 Å². The number of carbonyl (C=O) groups excluding carboxylic acids is 4. The van der Waals surface area contributed by atoms with Crippen molar-refractivity contribution < 1.29 is 62.8 Å². The van der Waals surface area contributed by atoms with Crippen molar-refractivity contribution >= 4 is 51.4 Å². The number of amides is 1. The van der Waals surface area contributed by atoms with Gasteiger partial charge in [0.2, 0.25) is 0 Å². The number of methoxy groups -OCH3 is 1. The van der Waals surface area contributed by atoms with Crippen molar-refractivity contribution in [2.24, 2.45) is 0 Å². The smallest absolute Gasteiger partial charge is 0.543 e. The first kappa shape index (κ1) is 23.2. The molecule has 3 rings (SSSR count). The summed E-state index contributed by atoms with van der Waals surface area (Å²) in [5.41, 5.74) is -1.17. The van der Waals surface area contributed by atoms with E-state index >= 15 is 0 Å². The molecule has 9 nitrogen and oxygen atoms in total. The summed E-state index contributed by atoms with van der Waals surface area (Å²) in [6, 6.07) is 4.89. The minimum Gasteiger partial charge on any atom is -0.543 e. The van der Waals surface area contributed by atoms with Gasteiger partial charge < -0.3 is 14.6 Å². The zero-order valence-electron chi connectivity index (χ0n) is 15.1. The number of hydrogen-bond acceptors (Lipinski definition) is 8. The van der Waals surface area contributed by atoms with Crippen LogP contribution in [0.2, 0.25) is 0 Å². The predicted octanol–water partition coefficient (Wildman–Crippen LogP) is -3.77. The molecular weight excluding hydrogens is 435 g/mol. The Morgan fingerprint density at radius 1 is 1.34 bits per heavy atom. The number of rotatable bonds is 4. The number of ether oxygens (including phenoxy) is 1. The van der Waals surface area contributed by atoms with E-state index in [2.05, 4.69) is 9.72 Å². The summed E-state index contributed by atoms with van der Waals surface area (Å²) in [5, 5.41) is 8.57. The van der Waals surface area contributed by atoms with Gasteiger partial charge in [-0.15, -0.1) is 0 Å². The maximum atomic E-state index is 12.6. The van der Waals surface area contributed by atoms with Gasteiger partial charge in [0.15, 0.2) is 5.37 Å². The van der Waals surface area contributed by atoms with E-state index in [1.54, 1.807) is 18.2 Å². The maximum absolute atomic E-state index is 12.6. The van der Waals surface area contributed by atoms with Crippen LogP contribution in [0, 0.1) is 0 Å². The van der Waals surface area contributed by atoms with E-state index in [0.717, 1.165) is 7.11 Å². The van der Waals surface area contributed by atoms with Crippen molar-refractivity contribution in [1.82, 2.24) is 9.88 Å². The maximum Gasteiger partial charge on any atom is 1.00 e. The molecule has 2 atom stereocenters. The third-order valence-corrected chi connectivity index (χ3v) is 5.62. The van der Waals surface area contributed by atoms with Crippen molar-refractivity contribution in [2.75, 3.05) is 7.11 Å². The first-order valence-electron chi connectivity index (χ1n) is 7.60. The number of nitrogens with zero attached hydrogens (tertiary/aromatic N) is 2. The van der Waals surface area contributed by atoms with Crippen molar-refractivity contribution in [3.63, 3.8) is 0 Å². The molecule has 12 heteroatoms. The average Bonchev–Trinajstić information content (AvgIpc) is 2.69. The Labute approximate surface area is 193 Å². The molecule has 0 bridgehead atoms. The molecule has 0 spiro atoms. The SMILES string of the molecule is COC(=O)/C(Cl)=C/C1=C(C(=O)[O-])N2C(=O)/C(=C/c3ccccn3)[C@@H]2S(=O)C1=O.[Na+]. The molecule has 2 aliphatic heterocycles. The number of aromatic nitrogens is 1. The number of esters is 1. The van der Waals surface area contributed by atoms with Crippen LogP contribution in [0.15, 0.2) is 52.3 Å². The number of β-lactam (4-membered cyclic amide) rings is 1. The monoisotopic (exact) mass is 444 g/mol. The van der Waals surface area contributed by atoms with Crippen LogP contribution in [-0.4, -0.2) is 49.5 Å². The zero-order valence-corrected chi connectivity index (χ0v) is 18.7. The molecule has 0 N–H and O–H groups in total. The predicted molar refractivity (Wildman–Crippen MR) is 94.0 cm³/mol. The van der Waals surface area contributed by atoms with Crippen LogP contribution in [0.3, 0.4) is 0 Å². The summed E-state index contributed by atoms with van der Waals surface area (Å²) in [4.78, 5) is 52.7. The van der Waals surface area contributed by atoms with Gasteiger partial charge >= 0.3 is 35.5 Å². The Hall–Kier alpha value is -2.11. The summed E-state index contributed by atoms with van der Waals surface area (Å²) in [7, 11) is -1.31. The topological polar surface area (TPSA) is 134 Å². The molecule has 0 aliphatic carbocycles. The second kappa shape index (κ2) is 9.14. The molecule has 1 saturated heterocycles. The standard InChI is InChI=1S/C17H11ClN2O7S.Na/c1-27-16(24)11(18)7-9-12(15(22)23)20-13(21)10(14(20)28(26)17(9)25)6-8-4-2-3-5-19-8;/h2-7,14H,1H3,(H,22,23);/q;+1/p-1/b10-6-,11-7-;/t14-,28?;/m0./s1. The Morgan fingerprint density at radius 3 is 2.59 bits per heavy atom. The van der Waals surface area contributed by atoms with Crippen LogP contribution in [0.25, 0.3) is 6.08 Å². The van der Waals surface area contributed by atoms with E-state index in [1.807, 2.05) is 0 Å². The molecule has 1 aromatic rings. The van der Waals surface area contributed by atoms with Gasteiger partial charge in [-0.05, 0) is 24.3 Å². The second-order valence-electron chi connectivity index (χ2n) is 5.50. The number of allylic oxidation sites excluding steroid dienone is 1. The summed E-state index contributed by atoms with van der Waals surface area (Å²) in [6.07, 6.45) is 3.49. The second-order valence-corrected chi connectivity index (χ2v) is 7.32. The summed E-state index contributed by atoms with van der Waals surface area (Å²) in [5.74, 6) is -3.69. The summed E-state index contributed by atoms with van der Waals surface area (Å²) >= 11 is 5.69. The molecule has 1 unspecified atom stereocenters. The Morgan fingerprint density at radius 2 is 2.03 bits per heavy atom. The number of carboxylic acid groups (broad SMARTS) is 1. The van der Waals surface area contributed by atoms with Gasteiger partial charge in [-0.25, -0.2) is 9.00 Å².